The zero-order valence-electron chi connectivity index (χ0n) is 22.3. The van der Waals surface area contributed by atoms with Gasteiger partial charge in [0.05, 0.1) is 19.2 Å². The largest absolute Gasteiger partial charge is 0.361 e. The molecule has 3 N–H and O–H groups in total. The minimum Gasteiger partial charge on any atom is -0.361 e. The van der Waals surface area contributed by atoms with Crippen LogP contribution in [-0.2, 0) is 35.1 Å². The highest BCUT2D eigenvalue weighted by Crippen LogP contribution is 2.29. The minimum absolute atomic E-state index is 0.0563. The van der Waals surface area contributed by atoms with E-state index in [1.165, 1.54) is 36.1 Å². The van der Waals surface area contributed by atoms with E-state index >= 15 is 0 Å². The SMILES string of the molecule is CC(=O)NCC(=O)N1CCC[C@H]1C(=O)N[C@@H](Cc1ccc(F)cc1)C(=O)N[C@@H](CC(C)C)C(=O)[C@@]1(C)CO1. The zero-order valence-corrected chi connectivity index (χ0v) is 22.3. The summed E-state index contributed by atoms with van der Waals surface area (Å²) >= 11 is 0. The Kier molecular flexibility index (Phi) is 9.59. The van der Waals surface area contributed by atoms with Crippen molar-refractivity contribution in [3.63, 3.8) is 0 Å². The van der Waals surface area contributed by atoms with Crippen molar-refractivity contribution < 1.29 is 33.1 Å². The second-order valence-corrected chi connectivity index (χ2v) is 10.6. The maximum atomic E-state index is 13.5. The van der Waals surface area contributed by atoms with Crippen molar-refractivity contribution in [2.24, 2.45) is 5.92 Å². The molecule has 208 valence electrons. The van der Waals surface area contributed by atoms with Gasteiger partial charge < -0.3 is 25.6 Å². The number of epoxide rings is 1. The van der Waals surface area contributed by atoms with Gasteiger partial charge >= 0.3 is 0 Å². The molecule has 2 aliphatic heterocycles. The molecule has 0 aromatic heterocycles. The lowest BCUT2D eigenvalue weighted by Gasteiger charge is -2.28. The summed E-state index contributed by atoms with van der Waals surface area (Å²) in [5.41, 5.74) is -0.317. The lowest BCUT2D eigenvalue weighted by molar-refractivity contribution is -0.139. The third-order valence-corrected chi connectivity index (χ3v) is 6.79. The molecule has 11 heteroatoms. The van der Waals surface area contributed by atoms with Crippen LogP contribution >= 0.6 is 0 Å². The number of Topliss-reactive ketones (excluding diaryl/α,β-unsaturated/α-hetero) is 1. The summed E-state index contributed by atoms with van der Waals surface area (Å²) in [7, 11) is 0. The third kappa shape index (κ3) is 7.83. The molecule has 10 nitrogen and oxygen atoms in total. The summed E-state index contributed by atoms with van der Waals surface area (Å²) in [6.07, 6.45) is 1.46. The van der Waals surface area contributed by atoms with E-state index in [4.69, 9.17) is 4.74 Å². The number of ether oxygens (including phenoxy) is 1. The average molecular weight is 533 g/mol. The predicted octanol–water partition coefficient (Wildman–Crippen LogP) is 0.869. The maximum absolute atomic E-state index is 13.5. The summed E-state index contributed by atoms with van der Waals surface area (Å²) < 4.78 is 18.8. The average Bonchev–Trinajstić information content (AvgIpc) is 3.41. The first kappa shape index (κ1) is 29.2. The summed E-state index contributed by atoms with van der Waals surface area (Å²) in [6, 6.07) is 2.91. The number of hydrogen-bond donors (Lipinski definition) is 3. The Morgan fingerprint density at radius 3 is 2.34 bits per heavy atom. The van der Waals surface area contributed by atoms with Crippen LogP contribution in [0.25, 0.3) is 0 Å². The molecule has 0 radical (unpaired) electrons. The van der Waals surface area contributed by atoms with Crippen molar-refractivity contribution >= 4 is 29.4 Å². The second kappa shape index (κ2) is 12.5. The highest BCUT2D eigenvalue weighted by atomic mass is 19.1. The number of nitrogens with one attached hydrogen (secondary N) is 3. The number of rotatable bonds is 12. The van der Waals surface area contributed by atoms with E-state index in [0.717, 1.165) is 0 Å². The number of carbonyl (C=O) groups excluding carboxylic acids is 5. The first-order chi connectivity index (χ1) is 17.9. The Balaban J connectivity index is 1.77. The Labute approximate surface area is 222 Å². The standard InChI is InChI=1S/C27H37FN4O6/c1-16(2)12-20(24(35)27(4)15-38-27)30-25(36)21(13-18-7-9-19(28)10-8-18)31-26(37)22-6-5-11-32(22)23(34)14-29-17(3)33/h7-10,16,20-22H,5-6,11-15H2,1-4H3,(H,29,33)(H,30,36)(H,31,37)/t20-,21-,22-,27+/m0/s1. The van der Waals surface area contributed by atoms with Gasteiger partial charge in [-0.15, -0.1) is 0 Å². The molecule has 2 fully saturated rings. The van der Waals surface area contributed by atoms with Crippen LogP contribution in [0.15, 0.2) is 24.3 Å². The molecule has 4 atom stereocenters. The Hall–Kier alpha value is -3.34. The van der Waals surface area contributed by atoms with Gasteiger partial charge in [-0.25, -0.2) is 4.39 Å². The van der Waals surface area contributed by atoms with Crippen LogP contribution in [0.4, 0.5) is 4.39 Å². The second-order valence-electron chi connectivity index (χ2n) is 10.6. The van der Waals surface area contributed by atoms with Crippen LogP contribution in [0.2, 0.25) is 0 Å². The van der Waals surface area contributed by atoms with Crippen LogP contribution in [-0.4, -0.2) is 77.7 Å². The number of benzene rings is 1. The predicted molar refractivity (Wildman–Crippen MR) is 136 cm³/mol. The molecule has 3 rings (SSSR count). The van der Waals surface area contributed by atoms with E-state index in [1.54, 1.807) is 6.92 Å². The molecule has 2 saturated heterocycles. The molecular weight excluding hydrogens is 495 g/mol. The van der Waals surface area contributed by atoms with Crippen molar-refractivity contribution in [3.05, 3.63) is 35.6 Å². The number of nitrogens with zero attached hydrogens (tertiary/aromatic N) is 1. The highest BCUT2D eigenvalue weighted by Gasteiger charge is 2.50. The number of amides is 4. The summed E-state index contributed by atoms with van der Waals surface area (Å²) in [5.74, 6) is -2.36. The molecule has 38 heavy (non-hydrogen) atoms. The minimum atomic E-state index is -1.07. The van der Waals surface area contributed by atoms with Crippen LogP contribution in [0.1, 0.15) is 52.5 Å². The van der Waals surface area contributed by atoms with Crippen LogP contribution < -0.4 is 16.0 Å². The first-order valence-electron chi connectivity index (χ1n) is 13.0. The molecule has 4 amide bonds. The van der Waals surface area contributed by atoms with Crippen molar-refractivity contribution in [1.82, 2.24) is 20.9 Å². The fourth-order valence-corrected chi connectivity index (χ4v) is 4.57. The molecule has 1 aromatic carbocycles. The van der Waals surface area contributed by atoms with Gasteiger partial charge in [0.15, 0.2) is 5.78 Å². The van der Waals surface area contributed by atoms with Gasteiger partial charge in [0.25, 0.3) is 0 Å². The van der Waals surface area contributed by atoms with Gasteiger partial charge in [-0.1, -0.05) is 26.0 Å². The Morgan fingerprint density at radius 2 is 1.76 bits per heavy atom. The summed E-state index contributed by atoms with van der Waals surface area (Å²) in [4.78, 5) is 65.0. The molecular formula is C27H37FN4O6. The smallest absolute Gasteiger partial charge is 0.243 e. The highest BCUT2D eigenvalue weighted by molar-refractivity contribution is 5.98. The van der Waals surface area contributed by atoms with Crippen LogP contribution in [0.3, 0.4) is 0 Å². The number of carbonyl (C=O) groups is 5. The van der Waals surface area contributed by atoms with E-state index in [2.05, 4.69) is 16.0 Å². The Bertz CT molecular complexity index is 1060. The summed E-state index contributed by atoms with van der Waals surface area (Å²) in [5, 5.41) is 8.00. The van der Waals surface area contributed by atoms with E-state index in [-0.39, 0.29) is 37.2 Å². The molecule has 2 heterocycles. The van der Waals surface area contributed by atoms with Crippen molar-refractivity contribution in [3.8, 4) is 0 Å². The van der Waals surface area contributed by atoms with Crippen LogP contribution in [0.5, 0.6) is 0 Å². The quantitative estimate of drug-likeness (QED) is 0.342. The first-order valence-corrected chi connectivity index (χ1v) is 13.0. The van der Waals surface area contributed by atoms with Crippen LogP contribution in [0, 0.1) is 11.7 Å². The van der Waals surface area contributed by atoms with E-state index in [9.17, 15) is 28.4 Å². The van der Waals surface area contributed by atoms with E-state index in [0.29, 0.717) is 31.4 Å². The van der Waals surface area contributed by atoms with Gasteiger partial charge in [0, 0.05) is 19.9 Å². The van der Waals surface area contributed by atoms with E-state index in [1.807, 2.05) is 13.8 Å². The van der Waals surface area contributed by atoms with Gasteiger partial charge in [0.1, 0.15) is 23.5 Å². The fraction of sp³-hybridized carbons (Fsp3) is 0.593. The number of likely N-dealkylation sites (tertiary alicyclic amines) is 1. The Morgan fingerprint density at radius 1 is 1.11 bits per heavy atom. The number of halogens is 1. The molecule has 0 unspecified atom stereocenters. The van der Waals surface area contributed by atoms with Gasteiger partial charge in [-0.2, -0.15) is 0 Å². The fourth-order valence-electron chi connectivity index (χ4n) is 4.57. The van der Waals surface area contributed by atoms with Crippen molar-refractivity contribution in [2.45, 2.75) is 77.1 Å². The monoisotopic (exact) mass is 532 g/mol. The molecule has 0 bridgehead atoms. The molecule has 1 aromatic rings. The zero-order chi connectivity index (χ0) is 28.0. The van der Waals surface area contributed by atoms with Crippen molar-refractivity contribution in [2.75, 3.05) is 19.7 Å². The van der Waals surface area contributed by atoms with Gasteiger partial charge in [0.2, 0.25) is 23.6 Å². The lowest BCUT2D eigenvalue weighted by Crippen LogP contribution is -2.57. The topological polar surface area (TPSA) is 137 Å². The maximum Gasteiger partial charge on any atom is 0.243 e. The molecule has 2 aliphatic rings. The molecule has 0 saturated carbocycles. The summed E-state index contributed by atoms with van der Waals surface area (Å²) in [6.45, 7) is 7.27. The van der Waals surface area contributed by atoms with E-state index < -0.39 is 47.3 Å². The number of hydrogen-bond acceptors (Lipinski definition) is 6. The third-order valence-electron chi connectivity index (χ3n) is 6.79. The lowest BCUT2D eigenvalue weighted by atomic mass is 9.93. The van der Waals surface area contributed by atoms with Gasteiger partial charge in [-0.3, -0.25) is 24.0 Å². The molecule has 0 spiro atoms. The normalized spacial score (nSPS) is 21.9. The number of ketones is 1. The van der Waals surface area contributed by atoms with Gasteiger partial charge in [-0.05, 0) is 49.8 Å². The van der Waals surface area contributed by atoms with Crippen molar-refractivity contribution in [1.29, 1.82) is 0 Å². The molecule has 0 aliphatic carbocycles.